The number of carbonyl (C=O) groups is 3. The van der Waals surface area contributed by atoms with Crippen molar-refractivity contribution in [2.24, 2.45) is 0 Å². The predicted molar refractivity (Wildman–Crippen MR) is 120 cm³/mol. The first-order valence-electron chi connectivity index (χ1n) is 10.2. The van der Waals surface area contributed by atoms with Gasteiger partial charge in [0.15, 0.2) is 0 Å². The van der Waals surface area contributed by atoms with E-state index in [0.29, 0.717) is 0 Å². The van der Waals surface area contributed by atoms with Crippen LogP contribution in [-0.2, 0) is 9.53 Å². The molecule has 0 heterocycles. The molecular formula is C25H22N2O5. The first kappa shape index (κ1) is 21.1. The van der Waals surface area contributed by atoms with Gasteiger partial charge in [0.25, 0.3) is 0 Å². The van der Waals surface area contributed by atoms with E-state index in [1.54, 1.807) is 12.1 Å². The SMILES string of the molecule is CC(NC(=O)OCC1c2ccccc2-c2ccccc21)C(=O)Nc1ccccc1C(=O)O. The molecule has 3 aromatic carbocycles. The Bertz CT molecular complexity index is 1140. The molecular weight excluding hydrogens is 408 g/mol. The summed E-state index contributed by atoms with van der Waals surface area (Å²) in [5, 5.41) is 14.3. The number of ether oxygens (including phenoxy) is 1. The van der Waals surface area contributed by atoms with E-state index < -0.39 is 24.0 Å². The average molecular weight is 430 g/mol. The van der Waals surface area contributed by atoms with Crippen LogP contribution in [0.25, 0.3) is 11.1 Å². The number of alkyl carbamates (subject to hydrolysis) is 1. The van der Waals surface area contributed by atoms with Crippen molar-refractivity contribution >= 4 is 23.7 Å². The lowest BCUT2D eigenvalue weighted by atomic mass is 9.98. The molecule has 7 heteroatoms. The Morgan fingerprint density at radius 2 is 1.47 bits per heavy atom. The van der Waals surface area contributed by atoms with Gasteiger partial charge in [-0.05, 0) is 41.3 Å². The Kier molecular flexibility index (Phi) is 5.89. The number of nitrogens with one attached hydrogen (secondary N) is 2. The molecule has 7 nitrogen and oxygen atoms in total. The Balaban J connectivity index is 1.37. The highest BCUT2D eigenvalue weighted by Crippen LogP contribution is 2.44. The number of rotatable bonds is 6. The number of hydrogen-bond donors (Lipinski definition) is 3. The zero-order valence-electron chi connectivity index (χ0n) is 17.4. The average Bonchev–Trinajstić information content (AvgIpc) is 3.11. The topological polar surface area (TPSA) is 105 Å². The fourth-order valence-corrected chi connectivity index (χ4v) is 3.90. The molecule has 3 aromatic rings. The van der Waals surface area contributed by atoms with Gasteiger partial charge in [0.1, 0.15) is 12.6 Å². The van der Waals surface area contributed by atoms with Gasteiger partial charge in [-0.3, -0.25) is 4.79 Å². The molecule has 1 aliphatic rings. The molecule has 162 valence electrons. The third-order valence-electron chi connectivity index (χ3n) is 5.49. The first-order valence-corrected chi connectivity index (χ1v) is 10.2. The Labute approximate surface area is 185 Å². The van der Waals surface area contributed by atoms with Crippen LogP contribution >= 0.6 is 0 Å². The zero-order valence-corrected chi connectivity index (χ0v) is 17.4. The van der Waals surface area contributed by atoms with Crippen LogP contribution in [0.2, 0.25) is 0 Å². The minimum atomic E-state index is -1.15. The molecule has 2 amide bonds. The summed E-state index contributed by atoms with van der Waals surface area (Å²) < 4.78 is 5.45. The van der Waals surface area contributed by atoms with E-state index in [1.807, 2.05) is 36.4 Å². The fraction of sp³-hybridized carbons (Fsp3) is 0.160. The van der Waals surface area contributed by atoms with Crippen LogP contribution in [0.3, 0.4) is 0 Å². The van der Waals surface area contributed by atoms with Gasteiger partial charge in [-0.2, -0.15) is 0 Å². The Hall–Kier alpha value is -4.13. The van der Waals surface area contributed by atoms with E-state index in [2.05, 4.69) is 22.8 Å². The van der Waals surface area contributed by atoms with Crippen molar-refractivity contribution in [3.63, 3.8) is 0 Å². The molecule has 0 aliphatic heterocycles. The number of fused-ring (bicyclic) bond motifs is 3. The zero-order chi connectivity index (χ0) is 22.7. The van der Waals surface area contributed by atoms with Gasteiger partial charge in [-0.15, -0.1) is 0 Å². The van der Waals surface area contributed by atoms with Crippen molar-refractivity contribution in [3.05, 3.63) is 89.5 Å². The lowest BCUT2D eigenvalue weighted by Crippen LogP contribution is -2.42. The van der Waals surface area contributed by atoms with Gasteiger partial charge in [0.2, 0.25) is 5.91 Å². The van der Waals surface area contributed by atoms with Gasteiger partial charge in [0.05, 0.1) is 11.3 Å². The second kappa shape index (κ2) is 8.93. The summed E-state index contributed by atoms with van der Waals surface area (Å²) in [5.41, 5.74) is 4.57. The molecule has 3 N–H and O–H groups in total. The quantitative estimate of drug-likeness (QED) is 0.542. The molecule has 1 atom stereocenters. The van der Waals surface area contributed by atoms with Crippen molar-refractivity contribution in [1.29, 1.82) is 0 Å². The maximum absolute atomic E-state index is 12.4. The third-order valence-corrected chi connectivity index (χ3v) is 5.49. The van der Waals surface area contributed by atoms with Crippen molar-refractivity contribution in [2.45, 2.75) is 18.9 Å². The molecule has 32 heavy (non-hydrogen) atoms. The summed E-state index contributed by atoms with van der Waals surface area (Å²) in [6.07, 6.45) is -0.721. The molecule has 1 aliphatic carbocycles. The van der Waals surface area contributed by atoms with Crippen LogP contribution in [0.4, 0.5) is 10.5 Å². The molecule has 0 aromatic heterocycles. The molecule has 0 saturated heterocycles. The lowest BCUT2D eigenvalue weighted by Gasteiger charge is -2.17. The van der Waals surface area contributed by atoms with Crippen molar-refractivity contribution < 1.29 is 24.2 Å². The largest absolute Gasteiger partial charge is 0.478 e. The van der Waals surface area contributed by atoms with Crippen molar-refractivity contribution in [1.82, 2.24) is 5.32 Å². The number of anilines is 1. The van der Waals surface area contributed by atoms with Crippen LogP contribution in [0.5, 0.6) is 0 Å². The number of benzene rings is 3. The summed E-state index contributed by atoms with van der Waals surface area (Å²) >= 11 is 0. The van der Waals surface area contributed by atoms with Crippen LogP contribution in [0, 0.1) is 0 Å². The van der Waals surface area contributed by atoms with E-state index in [9.17, 15) is 19.5 Å². The summed E-state index contributed by atoms with van der Waals surface area (Å²) in [4.78, 5) is 36.1. The predicted octanol–water partition coefficient (Wildman–Crippen LogP) is 4.25. The standard InChI is InChI=1S/C25H22N2O5/c1-15(23(28)27-22-13-7-6-12-20(22)24(29)30)26-25(31)32-14-21-18-10-4-2-8-16(18)17-9-3-5-11-19(17)21/h2-13,15,21H,14H2,1H3,(H,26,31)(H,27,28)(H,29,30). The number of aromatic carboxylic acids is 1. The van der Waals surface area contributed by atoms with E-state index in [0.717, 1.165) is 22.3 Å². The van der Waals surface area contributed by atoms with Gasteiger partial charge >= 0.3 is 12.1 Å². The van der Waals surface area contributed by atoms with E-state index in [-0.39, 0.29) is 23.8 Å². The second-order valence-corrected chi connectivity index (χ2v) is 7.53. The lowest BCUT2D eigenvalue weighted by molar-refractivity contribution is -0.117. The van der Waals surface area contributed by atoms with Crippen LogP contribution in [0.1, 0.15) is 34.3 Å². The Morgan fingerprint density at radius 3 is 2.09 bits per heavy atom. The second-order valence-electron chi connectivity index (χ2n) is 7.53. The van der Waals surface area contributed by atoms with Crippen molar-refractivity contribution in [2.75, 3.05) is 11.9 Å². The Morgan fingerprint density at radius 1 is 0.906 bits per heavy atom. The maximum Gasteiger partial charge on any atom is 0.407 e. The number of para-hydroxylation sites is 1. The number of carbonyl (C=O) groups excluding carboxylic acids is 2. The molecule has 0 bridgehead atoms. The molecule has 0 saturated carbocycles. The molecule has 4 rings (SSSR count). The van der Waals surface area contributed by atoms with Crippen molar-refractivity contribution in [3.8, 4) is 11.1 Å². The van der Waals surface area contributed by atoms with Gasteiger partial charge in [-0.25, -0.2) is 9.59 Å². The molecule has 0 fully saturated rings. The molecule has 0 radical (unpaired) electrons. The highest BCUT2D eigenvalue weighted by atomic mass is 16.5. The van der Waals surface area contributed by atoms with Crippen LogP contribution < -0.4 is 10.6 Å². The molecule has 0 spiro atoms. The molecule has 1 unspecified atom stereocenters. The van der Waals surface area contributed by atoms with E-state index in [1.165, 1.54) is 19.1 Å². The van der Waals surface area contributed by atoms with E-state index in [4.69, 9.17) is 4.74 Å². The van der Waals surface area contributed by atoms with Gasteiger partial charge in [-0.1, -0.05) is 60.7 Å². The fourth-order valence-electron chi connectivity index (χ4n) is 3.90. The normalized spacial score (nSPS) is 12.9. The number of carboxylic acids is 1. The monoisotopic (exact) mass is 430 g/mol. The minimum Gasteiger partial charge on any atom is -0.478 e. The highest BCUT2D eigenvalue weighted by molar-refractivity contribution is 6.02. The van der Waals surface area contributed by atoms with Gasteiger partial charge < -0.3 is 20.5 Å². The summed E-state index contributed by atoms with van der Waals surface area (Å²) in [6.45, 7) is 1.64. The van der Waals surface area contributed by atoms with E-state index >= 15 is 0 Å². The number of amides is 2. The smallest absolute Gasteiger partial charge is 0.407 e. The first-order chi connectivity index (χ1) is 15.5. The van der Waals surface area contributed by atoms with Crippen LogP contribution in [-0.4, -0.2) is 35.7 Å². The maximum atomic E-state index is 12.4. The number of hydrogen-bond acceptors (Lipinski definition) is 4. The summed E-state index contributed by atoms with van der Waals surface area (Å²) in [5.74, 6) is -1.79. The summed E-state index contributed by atoms with van der Waals surface area (Å²) in [6, 6.07) is 21.2. The number of carboxylic acid groups (broad SMARTS) is 1. The summed E-state index contributed by atoms with van der Waals surface area (Å²) in [7, 11) is 0. The highest BCUT2D eigenvalue weighted by Gasteiger charge is 2.29. The minimum absolute atomic E-state index is 0.0332. The van der Waals surface area contributed by atoms with Crippen LogP contribution in [0.15, 0.2) is 72.8 Å². The van der Waals surface area contributed by atoms with Gasteiger partial charge in [0, 0.05) is 5.92 Å². The third kappa shape index (κ3) is 4.18.